The fourth-order valence-electron chi connectivity index (χ4n) is 5.67. The lowest BCUT2D eigenvalue weighted by atomic mass is 10.1. The van der Waals surface area contributed by atoms with E-state index in [1.54, 1.807) is 44.3 Å². The molecule has 3 atom stereocenters. The molecular weight excluding hydrogens is 528 g/mol. The molecule has 2 saturated heterocycles. The van der Waals surface area contributed by atoms with Crippen molar-refractivity contribution in [1.29, 1.82) is 0 Å². The third-order valence-corrected chi connectivity index (χ3v) is 10.3. The summed E-state index contributed by atoms with van der Waals surface area (Å²) in [6.07, 6.45) is 0.731. The number of rotatable bonds is 11. The summed E-state index contributed by atoms with van der Waals surface area (Å²) in [6.45, 7) is 10.6. The number of hydrogen-bond acceptors (Lipinski definition) is 7. The van der Waals surface area contributed by atoms with Crippen LogP contribution in [0.25, 0.3) is 0 Å². The molecule has 1 amide bonds. The number of carbonyl (C=O) groups excluding carboxylic acids is 1. The predicted octanol–water partition coefficient (Wildman–Crippen LogP) is 2.98. The van der Waals surface area contributed by atoms with Crippen LogP contribution >= 0.6 is 0 Å². The average Bonchev–Trinajstić information content (AvgIpc) is 3.42. The number of hydrogen-bond donors (Lipinski definition) is 1. The van der Waals surface area contributed by atoms with E-state index < -0.39 is 16.1 Å². The van der Waals surface area contributed by atoms with Gasteiger partial charge in [-0.25, -0.2) is 8.42 Å². The number of benzene rings is 2. The molecule has 0 saturated carbocycles. The zero-order chi connectivity index (χ0) is 28.9. The molecule has 2 aromatic rings. The van der Waals surface area contributed by atoms with Crippen LogP contribution in [0.3, 0.4) is 0 Å². The summed E-state index contributed by atoms with van der Waals surface area (Å²) in [5.41, 5.74) is 2.37. The number of amides is 1. The summed E-state index contributed by atoms with van der Waals surface area (Å²) in [5.74, 6) is 0.439. The fraction of sp³-hybridized carbons (Fsp3) is 0.567. The highest BCUT2D eigenvalue weighted by Crippen LogP contribution is 2.32. The van der Waals surface area contributed by atoms with Crippen LogP contribution in [0.4, 0.5) is 0 Å². The Bertz CT molecular complexity index is 1220. The Labute approximate surface area is 239 Å². The molecule has 9 nitrogen and oxygen atoms in total. The van der Waals surface area contributed by atoms with Gasteiger partial charge in [-0.15, -0.1) is 0 Å². The van der Waals surface area contributed by atoms with Gasteiger partial charge in [-0.05, 0) is 69.5 Å². The Hall–Kier alpha value is -2.50. The largest absolute Gasteiger partial charge is 0.497 e. The molecule has 0 aliphatic carbocycles. The maximum absolute atomic E-state index is 13.7. The number of nitrogens with zero attached hydrogens (tertiary/aromatic N) is 3. The summed E-state index contributed by atoms with van der Waals surface area (Å²) in [5, 5.41) is 3.20. The Morgan fingerprint density at radius 1 is 1.05 bits per heavy atom. The van der Waals surface area contributed by atoms with E-state index in [9.17, 15) is 13.2 Å². The Morgan fingerprint density at radius 2 is 1.70 bits per heavy atom. The van der Waals surface area contributed by atoms with Gasteiger partial charge in [0.15, 0.2) is 0 Å². The van der Waals surface area contributed by atoms with E-state index in [-0.39, 0.29) is 24.6 Å². The van der Waals surface area contributed by atoms with Crippen LogP contribution in [0.15, 0.2) is 47.4 Å². The SMILES string of the molecule is COc1cc(C)c(S(=O)(=O)N2CCCC2COC(C)C(=O)NC(CN2CCN(C)CC2)c2ccccc2)c(C)c1. The molecule has 0 radical (unpaired) electrons. The lowest BCUT2D eigenvalue weighted by Crippen LogP contribution is -2.49. The number of sulfonamides is 1. The van der Waals surface area contributed by atoms with Gasteiger partial charge < -0.3 is 19.7 Å². The van der Waals surface area contributed by atoms with E-state index in [1.165, 1.54) is 0 Å². The molecule has 0 bridgehead atoms. The molecule has 2 aliphatic rings. The van der Waals surface area contributed by atoms with E-state index in [4.69, 9.17) is 9.47 Å². The number of piperazine rings is 1. The van der Waals surface area contributed by atoms with E-state index >= 15 is 0 Å². The van der Waals surface area contributed by atoms with Crippen molar-refractivity contribution in [2.75, 3.05) is 60.0 Å². The van der Waals surface area contributed by atoms with Crippen LogP contribution in [-0.4, -0.2) is 101 Å². The zero-order valence-corrected chi connectivity index (χ0v) is 25.2. The molecule has 40 heavy (non-hydrogen) atoms. The van der Waals surface area contributed by atoms with E-state index in [0.717, 1.165) is 44.7 Å². The summed E-state index contributed by atoms with van der Waals surface area (Å²) in [7, 11) is -0.0302. The van der Waals surface area contributed by atoms with Crippen LogP contribution in [0, 0.1) is 13.8 Å². The van der Waals surface area contributed by atoms with Crippen molar-refractivity contribution in [2.45, 2.75) is 56.7 Å². The molecule has 3 unspecified atom stereocenters. The second-order valence-electron chi connectivity index (χ2n) is 11.1. The molecule has 0 aromatic heterocycles. The molecular formula is C30H44N4O5S. The van der Waals surface area contributed by atoms with Crippen LogP contribution in [-0.2, 0) is 19.6 Å². The normalized spacial score (nSPS) is 20.8. The molecule has 2 aliphatic heterocycles. The van der Waals surface area contributed by atoms with Gasteiger partial charge >= 0.3 is 0 Å². The quantitative estimate of drug-likeness (QED) is 0.443. The van der Waals surface area contributed by atoms with Crippen molar-refractivity contribution < 1.29 is 22.7 Å². The van der Waals surface area contributed by atoms with E-state index in [0.29, 0.717) is 34.7 Å². The van der Waals surface area contributed by atoms with Gasteiger partial charge in [-0.3, -0.25) is 9.69 Å². The smallest absolute Gasteiger partial charge is 0.249 e. The van der Waals surface area contributed by atoms with Crippen molar-refractivity contribution in [3.05, 3.63) is 59.2 Å². The van der Waals surface area contributed by atoms with E-state index in [1.807, 2.05) is 30.3 Å². The van der Waals surface area contributed by atoms with E-state index in [2.05, 4.69) is 22.2 Å². The highest BCUT2D eigenvalue weighted by Gasteiger charge is 2.37. The van der Waals surface area contributed by atoms with Gasteiger partial charge in [-0.2, -0.15) is 4.31 Å². The lowest BCUT2D eigenvalue weighted by Gasteiger charge is -2.35. The molecule has 220 valence electrons. The Morgan fingerprint density at radius 3 is 2.33 bits per heavy atom. The maximum Gasteiger partial charge on any atom is 0.249 e. The molecule has 2 heterocycles. The maximum atomic E-state index is 13.7. The van der Waals surface area contributed by atoms with Gasteiger partial charge in [0, 0.05) is 45.3 Å². The Balaban J connectivity index is 1.40. The number of aryl methyl sites for hydroxylation is 2. The third-order valence-electron chi connectivity index (χ3n) is 8.02. The molecule has 0 spiro atoms. The summed E-state index contributed by atoms with van der Waals surface area (Å²) >= 11 is 0. The van der Waals surface area contributed by atoms with Gasteiger partial charge in [0.1, 0.15) is 11.9 Å². The van der Waals surface area contributed by atoms with Crippen molar-refractivity contribution >= 4 is 15.9 Å². The second-order valence-corrected chi connectivity index (χ2v) is 12.9. The molecule has 1 N–H and O–H groups in total. The monoisotopic (exact) mass is 572 g/mol. The summed E-state index contributed by atoms with van der Waals surface area (Å²) < 4.78 is 40.3. The zero-order valence-electron chi connectivity index (χ0n) is 24.4. The van der Waals surface area contributed by atoms with Crippen LogP contribution in [0.2, 0.25) is 0 Å². The molecule has 10 heteroatoms. The first-order valence-corrected chi connectivity index (χ1v) is 15.6. The summed E-state index contributed by atoms with van der Waals surface area (Å²) in [6, 6.07) is 13.0. The number of methoxy groups -OCH3 is 1. The van der Waals surface area contributed by atoms with Crippen LogP contribution in [0.5, 0.6) is 5.75 Å². The fourth-order valence-corrected chi connectivity index (χ4v) is 7.77. The average molecular weight is 573 g/mol. The van der Waals surface area contributed by atoms with Crippen LogP contribution < -0.4 is 10.1 Å². The highest BCUT2D eigenvalue weighted by atomic mass is 32.2. The van der Waals surface area contributed by atoms with Gasteiger partial charge in [-0.1, -0.05) is 30.3 Å². The number of carbonyl (C=O) groups is 1. The van der Waals surface area contributed by atoms with Crippen LogP contribution in [0.1, 0.15) is 42.5 Å². The predicted molar refractivity (Wildman–Crippen MR) is 156 cm³/mol. The highest BCUT2D eigenvalue weighted by molar-refractivity contribution is 7.89. The molecule has 4 rings (SSSR count). The lowest BCUT2D eigenvalue weighted by molar-refractivity contribution is -0.133. The number of likely N-dealkylation sites (N-methyl/N-ethyl adjacent to an activating group) is 1. The third kappa shape index (κ3) is 7.22. The topological polar surface area (TPSA) is 91.4 Å². The minimum Gasteiger partial charge on any atom is -0.497 e. The van der Waals surface area contributed by atoms with Crippen molar-refractivity contribution in [2.24, 2.45) is 0 Å². The minimum atomic E-state index is -3.73. The van der Waals surface area contributed by atoms with Gasteiger partial charge in [0.05, 0.1) is 24.7 Å². The first-order valence-electron chi connectivity index (χ1n) is 14.1. The standard InChI is InChI=1S/C30H44N4O5S/c1-22-18-27(38-5)19-23(2)29(22)40(36,37)34-13-9-12-26(34)21-39-24(3)30(35)31-28(25-10-7-6-8-11-25)20-33-16-14-32(4)15-17-33/h6-8,10-11,18-19,24,26,28H,9,12-17,20-21H2,1-5H3,(H,31,35). The van der Waals surface area contributed by atoms with Crippen molar-refractivity contribution in [1.82, 2.24) is 19.4 Å². The van der Waals surface area contributed by atoms with Gasteiger partial charge in [0.2, 0.25) is 15.9 Å². The number of ether oxygens (including phenoxy) is 2. The minimum absolute atomic E-state index is 0.160. The first kappa shape index (κ1) is 30.5. The summed E-state index contributed by atoms with van der Waals surface area (Å²) in [4.78, 5) is 18.3. The molecule has 2 fully saturated rings. The Kier molecular flexibility index (Phi) is 10.2. The van der Waals surface area contributed by atoms with Crippen molar-refractivity contribution in [3.8, 4) is 5.75 Å². The van der Waals surface area contributed by atoms with Gasteiger partial charge in [0.25, 0.3) is 0 Å². The second kappa shape index (κ2) is 13.4. The first-order chi connectivity index (χ1) is 19.1. The number of nitrogens with one attached hydrogen (secondary N) is 1. The molecule has 2 aromatic carbocycles. The van der Waals surface area contributed by atoms with Crippen molar-refractivity contribution in [3.63, 3.8) is 0 Å².